The third-order valence-corrected chi connectivity index (χ3v) is 2.15. The number of halogens is 1. The van der Waals surface area contributed by atoms with Gasteiger partial charge in [-0.25, -0.2) is 0 Å². The van der Waals surface area contributed by atoms with Crippen molar-refractivity contribution in [1.29, 1.82) is 0 Å². The lowest BCUT2D eigenvalue weighted by molar-refractivity contribution is -0.131. The molecule has 0 aromatic heterocycles. The predicted octanol–water partition coefficient (Wildman–Crippen LogP) is 0.0159. The molecule has 12 heavy (non-hydrogen) atoms. The Balaban J connectivity index is 3.64. The first-order valence-corrected chi connectivity index (χ1v) is 5.21. The molecule has 70 valence electrons. The van der Waals surface area contributed by atoms with Gasteiger partial charge in [0, 0.05) is 13.6 Å². The molecule has 0 heterocycles. The van der Waals surface area contributed by atoms with Gasteiger partial charge in [-0.15, -0.1) is 0 Å². The highest BCUT2D eigenvalue weighted by Crippen LogP contribution is 1.83. The van der Waals surface area contributed by atoms with Crippen LogP contribution in [-0.4, -0.2) is 41.3 Å². The zero-order valence-corrected chi connectivity index (χ0v) is 9.42. The van der Waals surface area contributed by atoms with Crippen molar-refractivity contribution < 1.29 is 9.59 Å². The second-order valence-corrected chi connectivity index (χ2v) is 3.08. The van der Waals surface area contributed by atoms with Crippen LogP contribution in [-0.2, 0) is 9.59 Å². The summed E-state index contributed by atoms with van der Waals surface area (Å²) in [5, 5.41) is 2.51. The topological polar surface area (TPSA) is 49.4 Å². The Morgan fingerprint density at radius 1 is 1.50 bits per heavy atom. The van der Waals surface area contributed by atoms with Crippen LogP contribution in [0.2, 0.25) is 0 Å². The summed E-state index contributed by atoms with van der Waals surface area (Å²) in [5.41, 5.74) is 0. The fourth-order valence-corrected chi connectivity index (χ4v) is 0.802. The summed E-state index contributed by atoms with van der Waals surface area (Å²) >= 11 is 1.95. The standard InChI is InChI=1S/C7H13IN2O2/c1-3-10(2)7(12)5-9-6(11)4-8/h3-5H2,1-2H3,(H,9,11). The summed E-state index contributed by atoms with van der Waals surface area (Å²) in [4.78, 5) is 23.4. The third kappa shape index (κ3) is 4.53. The van der Waals surface area contributed by atoms with Crippen molar-refractivity contribution in [2.24, 2.45) is 0 Å². The lowest BCUT2D eigenvalue weighted by Crippen LogP contribution is -2.38. The number of likely N-dealkylation sites (N-methyl/N-ethyl adjacent to an activating group) is 1. The number of carbonyl (C=O) groups is 2. The fourth-order valence-electron chi connectivity index (χ4n) is 0.533. The van der Waals surface area contributed by atoms with Crippen molar-refractivity contribution in [1.82, 2.24) is 10.2 Å². The van der Waals surface area contributed by atoms with E-state index in [0.717, 1.165) is 0 Å². The summed E-state index contributed by atoms with van der Waals surface area (Å²) in [6.07, 6.45) is 0. The second-order valence-electron chi connectivity index (χ2n) is 2.32. The van der Waals surface area contributed by atoms with Crippen molar-refractivity contribution in [3.05, 3.63) is 0 Å². The quantitative estimate of drug-likeness (QED) is 0.584. The maximum atomic E-state index is 11.1. The van der Waals surface area contributed by atoms with E-state index in [4.69, 9.17) is 0 Å². The normalized spacial score (nSPS) is 9.25. The first-order valence-electron chi connectivity index (χ1n) is 3.68. The van der Waals surface area contributed by atoms with Crippen LogP contribution >= 0.6 is 22.6 Å². The molecule has 0 aliphatic carbocycles. The van der Waals surface area contributed by atoms with Gasteiger partial charge in [-0.05, 0) is 6.92 Å². The van der Waals surface area contributed by atoms with Gasteiger partial charge in [0.15, 0.2) is 0 Å². The smallest absolute Gasteiger partial charge is 0.241 e. The molecule has 0 bridgehead atoms. The minimum atomic E-state index is -0.103. The number of rotatable bonds is 4. The van der Waals surface area contributed by atoms with E-state index < -0.39 is 0 Å². The average Bonchev–Trinajstić information content (AvgIpc) is 2.11. The molecule has 0 aromatic carbocycles. The van der Waals surface area contributed by atoms with Crippen molar-refractivity contribution >= 4 is 34.4 Å². The Hall–Kier alpha value is -0.330. The lowest BCUT2D eigenvalue weighted by atomic mass is 10.5. The van der Waals surface area contributed by atoms with Crippen LogP contribution < -0.4 is 5.32 Å². The first-order chi connectivity index (χ1) is 5.61. The molecule has 0 radical (unpaired) electrons. The van der Waals surface area contributed by atoms with E-state index in [2.05, 4.69) is 5.32 Å². The number of nitrogens with one attached hydrogen (secondary N) is 1. The van der Waals surface area contributed by atoms with E-state index in [1.807, 2.05) is 29.5 Å². The predicted molar refractivity (Wildman–Crippen MR) is 55.2 cm³/mol. The molecule has 0 aliphatic heterocycles. The summed E-state index contributed by atoms with van der Waals surface area (Å²) in [6.45, 7) is 2.66. The van der Waals surface area contributed by atoms with Crippen LogP contribution in [0.1, 0.15) is 6.92 Å². The molecular formula is C7H13IN2O2. The van der Waals surface area contributed by atoms with E-state index in [0.29, 0.717) is 11.0 Å². The molecule has 0 spiro atoms. The lowest BCUT2D eigenvalue weighted by Gasteiger charge is -2.14. The number of nitrogens with zero attached hydrogens (tertiary/aromatic N) is 1. The molecule has 0 atom stereocenters. The molecule has 0 saturated heterocycles. The zero-order valence-electron chi connectivity index (χ0n) is 7.26. The zero-order chi connectivity index (χ0) is 9.56. The number of alkyl halides is 1. The molecule has 0 unspecified atom stereocenters. The molecule has 0 aliphatic rings. The number of carbonyl (C=O) groups excluding carboxylic acids is 2. The Kier molecular flexibility index (Phi) is 6.04. The van der Waals surface area contributed by atoms with Crippen molar-refractivity contribution in [2.45, 2.75) is 6.92 Å². The van der Waals surface area contributed by atoms with Gasteiger partial charge in [0.05, 0.1) is 11.0 Å². The van der Waals surface area contributed by atoms with Gasteiger partial charge in [-0.2, -0.15) is 0 Å². The van der Waals surface area contributed by atoms with Gasteiger partial charge in [0.25, 0.3) is 0 Å². The van der Waals surface area contributed by atoms with E-state index in [-0.39, 0.29) is 18.4 Å². The molecule has 5 heteroatoms. The summed E-state index contributed by atoms with van der Waals surface area (Å²) in [5.74, 6) is -0.163. The molecule has 2 amide bonds. The minimum Gasteiger partial charge on any atom is -0.346 e. The molecule has 0 aromatic rings. The van der Waals surface area contributed by atoms with Crippen molar-refractivity contribution in [2.75, 3.05) is 24.6 Å². The SMILES string of the molecule is CCN(C)C(=O)CNC(=O)CI. The highest BCUT2D eigenvalue weighted by molar-refractivity contribution is 14.1. The van der Waals surface area contributed by atoms with Gasteiger partial charge in [0.2, 0.25) is 11.8 Å². The maximum Gasteiger partial charge on any atom is 0.241 e. The van der Waals surface area contributed by atoms with Gasteiger partial charge < -0.3 is 10.2 Å². The van der Waals surface area contributed by atoms with Crippen LogP contribution in [0.15, 0.2) is 0 Å². The Bertz CT molecular complexity index is 173. The maximum absolute atomic E-state index is 11.1. The number of hydrogen-bond donors (Lipinski definition) is 1. The van der Waals surface area contributed by atoms with E-state index in [1.54, 1.807) is 11.9 Å². The van der Waals surface area contributed by atoms with Gasteiger partial charge in [-0.3, -0.25) is 9.59 Å². The average molecular weight is 284 g/mol. The van der Waals surface area contributed by atoms with E-state index >= 15 is 0 Å². The molecule has 1 N–H and O–H groups in total. The Labute approximate surface area is 85.8 Å². The summed E-state index contributed by atoms with van der Waals surface area (Å²) in [7, 11) is 1.71. The number of hydrogen-bond acceptors (Lipinski definition) is 2. The Morgan fingerprint density at radius 3 is 2.50 bits per heavy atom. The summed E-state index contributed by atoms with van der Waals surface area (Å²) < 4.78 is 0.390. The van der Waals surface area contributed by atoms with Crippen molar-refractivity contribution in [3.63, 3.8) is 0 Å². The van der Waals surface area contributed by atoms with Crippen LogP contribution in [0.25, 0.3) is 0 Å². The highest BCUT2D eigenvalue weighted by atomic mass is 127. The van der Waals surface area contributed by atoms with Gasteiger partial charge in [-0.1, -0.05) is 22.6 Å². The van der Waals surface area contributed by atoms with Crippen LogP contribution in [0.3, 0.4) is 0 Å². The Morgan fingerprint density at radius 2 is 2.08 bits per heavy atom. The van der Waals surface area contributed by atoms with Crippen LogP contribution in [0.4, 0.5) is 0 Å². The molecule has 0 fully saturated rings. The number of amides is 2. The van der Waals surface area contributed by atoms with Crippen LogP contribution in [0, 0.1) is 0 Å². The van der Waals surface area contributed by atoms with E-state index in [1.165, 1.54) is 0 Å². The highest BCUT2D eigenvalue weighted by Gasteiger charge is 2.06. The van der Waals surface area contributed by atoms with Crippen molar-refractivity contribution in [3.8, 4) is 0 Å². The molecular weight excluding hydrogens is 271 g/mol. The monoisotopic (exact) mass is 284 g/mol. The first kappa shape index (κ1) is 11.7. The third-order valence-electron chi connectivity index (χ3n) is 1.46. The molecule has 0 saturated carbocycles. The molecule has 0 rings (SSSR count). The van der Waals surface area contributed by atoms with Crippen LogP contribution in [0.5, 0.6) is 0 Å². The summed E-state index contributed by atoms with van der Waals surface area (Å²) in [6, 6.07) is 0. The molecule has 4 nitrogen and oxygen atoms in total. The van der Waals surface area contributed by atoms with E-state index in [9.17, 15) is 9.59 Å². The fraction of sp³-hybridized carbons (Fsp3) is 0.714. The second kappa shape index (κ2) is 6.22. The largest absolute Gasteiger partial charge is 0.346 e. The van der Waals surface area contributed by atoms with Gasteiger partial charge in [0.1, 0.15) is 0 Å². The minimum absolute atomic E-state index is 0.0595. The van der Waals surface area contributed by atoms with Gasteiger partial charge >= 0.3 is 0 Å².